The van der Waals surface area contributed by atoms with Crippen LogP contribution in [-0.4, -0.2) is 21.5 Å². The molecule has 19 heavy (non-hydrogen) atoms. The molecule has 0 saturated carbocycles. The van der Waals surface area contributed by atoms with Crippen molar-refractivity contribution in [3.05, 3.63) is 48.9 Å². The van der Waals surface area contributed by atoms with Gasteiger partial charge in [-0.1, -0.05) is 18.2 Å². The Morgan fingerprint density at radius 3 is 2.89 bits per heavy atom. The number of nitrogens with zero attached hydrogens (tertiary/aromatic N) is 3. The van der Waals surface area contributed by atoms with Crippen LogP contribution in [0.15, 0.2) is 48.9 Å². The maximum atomic E-state index is 4.53. The number of pyridine rings is 1. The van der Waals surface area contributed by atoms with E-state index in [-0.39, 0.29) is 0 Å². The van der Waals surface area contributed by atoms with Crippen LogP contribution in [0.2, 0.25) is 0 Å². The number of aromatic nitrogens is 3. The van der Waals surface area contributed by atoms with Gasteiger partial charge in [-0.15, -0.1) is 0 Å². The molecule has 0 spiro atoms. The maximum absolute atomic E-state index is 4.53. The molecule has 3 rings (SSSR count). The number of nitrogens with one attached hydrogen (secondary N) is 1. The van der Waals surface area contributed by atoms with Crippen molar-refractivity contribution in [2.75, 3.05) is 11.9 Å². The Balaban J connectivity index is 2.05. The first kappa shape index (κ1) is 11.6. The summed E-state index contributed by atoms with van der Waals surface area (Å²) in [5, 5.41) is 4.27. The molecule has 0 aliphatic heterocycles. The van der Waals surface area contributed by atoms with Crippen molar-refractivity contribution >= 4 is 16.7 Å². The van der Waals surface area contributed by atoms with E-state index < -0.39 is 0 Å². The van der Waals surface area contributed by atoms with Gasteiger partial charge in [0.1, 0.15) is 5.82 Å². The Hall–Kier alpha value is -2.49. The zero-order valence-electron chi connectivity index (χ0n) is 10.7. The zero-order valence-corrected chi connectivity index (χ0v) is 10.7. The molecule has 0 aliphatic rings. The van der Waals surface area contributed by atoms with E-state index in [1.807, 2.05) is 37.4 Å². The summed E-state index contributed by atoms with van der Waals surface area (Å²) in [4.78, 5) is 13.2. The lowest BCUT2D eigenvalue weighted by Crippen LogP contribution is -2.00. The fourth-order valence-corrected chi connectivity index (χ4v) is 1.98. The average Bonchev–Trinajstić information content (AvgIpc) is 2.47. The van der Waals surface area contributed by atoms with E-state index in [0.29, 0.717) is 0 Å². The summed E-state index contributed by atoms with van der Waals surface area (Å²) in [6.07, 6.45) is 5.32. The van der Waals surface area contributed by atoms with E-state index in [1.165, 1.54) is 0 Å². The molecule has 0 unspecified atom stereocenters. The quantitative estimate of drug-likeness (QED) is 0.776. The molecule has 0 fully saturated rings. The number of hydrogen-bond donors (Lipinski definition) is 1. The Labute approximate surface area is 111 Å². The van der Waals surface area contributed by atoms with Crippen molar-refractivity contribution in [1.29, 1.82) is 0 Å². The van der Waals surface area contributed by atoms with Gasteiger partial charge in [0, 0.05) is 23.7 Å². The van der Waals surface area contributed by atoms with Gasteiger partial charge in [0.05, 0.1) is 23.6 Å². The fraction of sp³-hybridized carbons (Fsp3) is 0.133. The van der Waals surface area contributed by atoms with Gasteiger partial charge in [0.15, 0.2) is 0 Å². The molecule has 0 atom stereocenters. The van der Waals surface area contributed by atoms with Crippen molar-refractivity contribution in [2.45, 2.75) is 6.92 Å². The highest BCUT2D eigenvalue weighted by atomic mass is 15.0. The summed E-state index contributed by atoms with van der Waals surface area (Å²) in [5.74, 6) is 0.785. The Bertz CT molecular complexity index is 709. The molecule has 4 heteroatoms. The molecule has 0 radical (unpaired) electrons. The molecule has 1 N–H and O–H groups in total. The van der Waals surface area contributed by atoms with Crippen LogP contribution in [0, 0.1) is 0 Å². The molecule has 0 saturated heterocycles. The molecule has 0 amide bonds. The van der Waals surface area contributed by atoms with E-state index in [4.69, 9.17) is 0 Å². The first-order valence-corrected chi connectivity index (χ1v) is 6.28. The van der Waals surface area contributed by atoms with Crippen molar-refractivity contribution < 1.29 is 0 Å². The lowest BCUT2D eigenvalue weighted by molar-refractivity contribution is 1.12. The summed E-state index contributed by atoms with van der Waals surface area (Å²) in [5.41, 5.74) is 2.80. The summed E-state index contributed by atoms with van der Waals surface area (Å²) in [7, 11) is 0. The van der Waals surface area contributed by atoms with Crippen LogP contribution in [-0.2, 0) is 0 Å². The minimum Gasteiger partial charge on any atom is -0.369 e. The normalized spacial score (nSPS) is 10.6. The highest BCUT2D eigenvalue weighted by molar-refractivity contribution is 5.82. The van der Waals surface area contributed by atoms with E-state index in [1.54, 1.807) is 12.4 Å². The molecule has 1 aromatic carbocycles. The van der Waals surface area contributed by atoms with Crippen LogP contribution in [0.5, 0.6) is 0 Å². The smallest absolute Gasteiger partial charge is 0.145 e. The average molecular weight is 250 g/mol. The van der Waals surface area contributed by atoms with E-state index in [9.17, 15) is 0 Å². The predicted octanol–water partition coefficient (Wildman–Crippen LogP) is 3.12. The van der Waals surface area contributed by atoms with E-state index in [2.05, 4.69) is 26.3 Å². The summed E-state index contributed by atoms with van der Waals surface area (Å²) < 4.78 is 0. The van der Waals surface area contributed by atoms with Crippen LogP contribution >= 0.6 is 0 Å². The highest BCUT2D eigenvalue weighted by Gasteiger charge is 2.03. The van der Waals surface area contributed by atoms with Gasteiger partial charge in [-0.2, -0.15) is 0 Å². The topological polar surface area (TPSA) is 50.7 Å². The van der Waals surface area contributed by atoms with E-state index >= 15 is 0 Å². The number of fused-ring (bicyclic) bond motifs is 1. The maximum Gasteiger partial charge on any atom is 0.145 e. The van der Waals surface area contributed by atoms with Crippen LogP contribution in [0.1, 0.15) is 6.92 Å². The van der Waals surface area contributed by atoms with Crippen LogP contribution in [0.25, 0.3) is 22.2 Å². The van der Waals surface area contributed by atoms with Gasteiger partial charge < -0.3 is 5.32 Å². The summed E-state index contributed by atoms with van der Waals surface area (Å²) in [6.45, 7) is 2.86. The van der Waals surface area contributed by atoms with Crippen LogP contribution in [0.4, 0.5) is 5.82 Å². The molecular weight excluding hydrogens is 236 g/mol. The second-order valence-electron chi connectivity index (χ2n) is 4.24. The Morgan fingerprint density at radius 2 is 2.00 bits per heavy atom. The van der Waals surface area contributed by atoms with Gasteiger partial charge in [-0.3, -0.25) is 9.97 Å². The third-order valence-electron chi connectivity index (χ3n) is 2.88. The lowest BCUT2D eigenvalue weighted by atomic mass is 10.1. The third-order valence-corrected chi connectivity index (χ3v) is 2.88. The lowest BCUT2D eigenvalue weighted by Gasteiger charge is -2.05. The van der Waals surface area contributed by atoms with Crippen molar-refractivity contribution in [1.82, 2.24) is 15.0 Å². The molecular formula is C15H14N4. The van der Waals surface area contributed by atoms with Gasteiger partial charge in [-0.25, -0.2) is 4.98 Å². The van der Waals surface area contributed by atoms with E-state index in [0.717, 1.165) is 34.5 Å². The SMILES string of the molecule is CCNc1cncc(-c2cnc3ccccc3c2)n1. The van der Waals surface area contributed by atoms with Gasteiger partial charge in [-0.05, 0) is 19.1 Å². The zero-order chi connectivity index (χ0) is 13.1. The first-order valence-electron chi connectivity index (χ1n) is 6.28. The van der Waals surface area contributed by atoms with Gasteiger partial charge >= 0.3 is 0 Å². The monoisotopic (exact) mass is 250 g/mol. The number of rotatable bonds is 3. The van der Waals surface area contributed by atoms with Crippen LogP contribution < -0.4 is 5.32 Å². The molecule has 3 aromatic rings. The number of anilines is 1. The van der Waals surface area contributed by atoms with Crippen molar-refractivity contribution in [2.24, 2.45) is 0 Å². The third kappa shape index (κ3) is 2.38. The highest BCUT2D eigenvalue weighted by Crippen LogP contribution is 2.21. The fourth-order valence-electron chi connectivity index (χ4n) is 1.98. The second kappa shape index (κ2) is 5.02. The molecule has 2 heterocycles. The Morgan fingerprint density at radius 1 is 1.11 bits per heavy atom. The first-order chi connectivity index (χ1) is 9.36. The second-order valence-corrected chi connectivity index (χ2v) is 4.24. The van der Waals surface area contributed by atoms with Gasteiger partial charge in [0.2, 0.25) is 0 Å². The number of benzene rings is 1. The van der Waals surface area contributed by atoms with Crippen molar-refractivity contribution in [3.63, 3.8) is 0 Å². The largest absolute Gasteiger partial charge is 0.369 e. The van der Waals surface area contributed by atoms with Crippen molar-refractivity contribution in [3.8, 4) is 11.3 Å². The molecule has 94 valence electrons. The van der Waals surface area contributed by atoms with Gasteiger partial charge in [0.25, 0.3) is 0 Å². The minimum atomic E-state index is 0.785. The molecule has 0 bridgehead atoms. The number of hydrogen-bond acceptors (Lipinski definition) is 4. The number of para-hydroxylation sites is 1. The van der Waals surface area contributed by atoms with Crippen LogP contribution in [0.3, 0.4) is 0 Å². The minimum absolute atomic E-state index is 0.785. The predicted molar refractivity (Wildman–Crippen MR) is 76.9 cm³/mol. The standard InChI is InChI=1S/C15H14N4/c1-2-17-15-10-16-9-14(19-15)12-7-11-5-3-4-6-13(11)18-8-12/h3-10H,2H2,1H3,(H,17,19). The molecule has 2 aromatic heterocycles. The molecule has 0 aliphatic carbocycles. The molecule has 4 nitrogen and oxygen atoms in total. The summed E-state index contributed by atoms with van der Waals surface area (Å²) in [6, 6.07) is 10.1. The summed E-state index contributed by atoms with van der Waals surface area (Å²) >= 11 is 0. The Kier molecular flexibility index (Phi) is 3.06.